The Kier molecular flexibility index (Phi) is 6.66. The highest BCUT2D eigenvalue weighted by Gasteiger charge is 1.98. The summed E-state index contributed by atoms with van der Waals surface area (Å²) >= 11 is 0. The van der Waals surface area contributed by atoms with Crippen LogP contribution in [-0.4, -0.2) is 18.7 Å². The summed E-state index contributed by atoms with van der Waals surface area (Å²) in [6, 6.07) is 10.0. The van der Waals surface area contributed by atoms with Crippen LogP contribution in [0.3, 0.4) is 0 Å². The Balaban J connectivity index is 0.000000265. The minimum absolute atomic E-state index is 0.132. The summed E-state index contributed by atoms with van der Waals surface area (Å²) in [6.45, 7) is 5.32. The minimum Gasteiger partial charge on any atom is -0.286 e. The number of rotatable bonds is 3. The summed E-state index contributed by atoms with van der Waals surface area (Å²) in [6.07, 6.45) is 2.30. The maximum absolute atomic E-state index is 9.79. The van der Waals surface area contributed by atoms with E-state index in [1.165, 1.54) is 5.56 Å². The first kappa shape index (κ1) is 13.9. The second-order valence-electron chi connectivity index (χ2n) is 2.90. The third kappa shape index (κ3) is 9.18. The number of hydrogen-bond donors (Lipinski definition) is 1. The van der Waals surface area contributed by atoms with Gasteiger partial charge < -0.3 is 0 Å². The van der Waals surface area contributed by atoms with Gasteiger partial charge in [0.05, 0.1) is 5.75 Å². The molecular formula is C11H16O3S. The topological polar surface area (TPSA) is 54.4 Å². The molecule has 0 aliphatic carbocycles. The average molecular weight is 228 g/mol. The summed E-state index contributed by atoms with van der Waals surface area (Å²) < 4.78 is 27.6. The molecule has 3 nitrogen and oxygen atoms in total. The van der Waals surface area contributed by atoms with E-state index >= 15 is 0 Å². The van der Waals surface area contributed by atoms with Crippen LogP contribution in [0.5, 0.6) is 0 Å². The van der Waals surface area contributed by atoms with Crippen molar-refractivity contribution in [1.29, 1.82) is 0 Å². The third-order valence-electron chi connectivity index (χ3n) is 1.50. The highest BCUT2D eigenvalue weighted by Crippen LogP contribution is 1.97. The summed E-state index contributed by atoms with van der Waals surface area (Å²) in [4.78, 5) is 0. The van der Waals surface area contributed by atoms with Gasteiger partial charge in [0, 0.05) is 0 Å². The molecule has 4 heteroatoms. The van der Waals surface area contributed by atoms with Gasteiger partial charge in [0.2, 0.25) is 0 Å². The van der Waals surface area contributed by atoms with Crippen molar-refractivity contribution in [2.45, 2.75) is 13.3 Å². The maximum Gasteiger partial charge on any atom is 0.264 e. The molecule has 0 aromatic heterocycles. The summed E-state index contributed by atoms with van der Waals surface area (Å²) in [5.74, 6) is -0.132. The van der Waals surface area contributed by atoms with Gasteiger partial charge in [-0.25, -0.2) is 0 Å². The second kappa shape index (κ2) is 7.20. The zero-order valence-electron chi connectivity index (χ0n) is 8.76. The second-order valence-corrected chi connectivity index (χ2v) is 4.47. The van der Waals surface area contributed by atoms with Gasteiger partial charge in [0.1, 0.15) is 0 Å². The van der Waals surface area contributed by atoms with Crippen molar-refractivity contribution in [1.82, 2.24) is 0 Å². The van der Waals surface area contributed by atoms with Gasteiger partial charge >= 0.3 is 0 Å². The Hall–Kier alpha value is -1.13. The zero-order chi connectivity index (χ0) is 11.7. The molecule has 0 saturated carbocycles. The molecule has 0 atom stereocenters. The molecule has 0 heterocycles. The smallest absolute Gasteiger partial charge is 0.264 e. The van der Waals surface area contributed by atoms with E-state index in [1.807, 2.05) is 36.4 Å². The monoisotopic (exact) mass is 228 g/mol. The van der Waals surface area contributed by atoms with Crippen molar-refractivity contribution in [2.75, 3.05) is 5.75 Å². The highest BCUT2D eigenvalue weighted by molar-refractivity contribution is 7.85. The lowest BCUT2D eigenvalue weighted by Gasteiger charge is -1.85. The first-order valence-corrected chi connectivity index (χ1v) is 6.23. The molecule has 1 rings (SSSR count). The van der Waals surface area contributed by atoms with Gasteiger partial charge in [-0.15, -0.1) is 0 Å². The predicted octanol–water partition coefficient (Wildman–Crippen LogP) is 2.61. The van der Waals surface area contributed by atoms with Crippen LogP contribution in [0, 0.1) is 0 Å². The molecule has 1 aromatic carbocycles. The molecule has 0 spiro atoms. The van der Waals surface area contributed by atoms with Crippen molar-refractivity contribution in [3.05, 3.63) is 42.5 Å². The molecule has 0 unspecified atom stereocenters. The first-order chi connectivity index (χ1) is 6.99. The number of benzene rings is 1. The third-order valence-corrected chi connectivity index (χ3v) is 2.42. The van der Waals surface area contributed by atoms with Gasteiger partial charge in [-0.1, -0.05) is 49.9 Å². The largest absolute Gasteiger partial charge is 0.286 e. The molecule has 15 heavy (non-hydrogen) atoms. The molecule has 0 amide bonds. The zero-order valence-corrected chi connectivity index (χ0v) is 9.57. The fraction of sp³-hybridized carbons (Fsp3) is 0.273. The average Bonchev–Trinajstić information content (AvgIpc) is 2.18. The van der Waals surface area contributed by atoms with E-state index in [0.29, 0.717) is 6.42 Å². The van der Waals surface area contributed by atoms with E-state index in [9.17, 15) is 8.42 Å². The molecule has 84 valence electrons. The molecule has 1 aromatic rings. The molecule has 0 bridgehead atoms. The molecular weight excluding hydrogens is 212 g/mol. The lowest BCUT2D eigenvalue weighted by Crippen LogP contribution is -2.01. The predicted molar refractivity (Wildman–Crippen MR) is 63.2 cm³/mol. The lowest BCUT2D eigenvalue weighted by atomic mass is 10.2. The highest BCUT2D eigenvalue weighted by atomic mass is 32.2. The van der Waals surface area contributed by atoms with Crippen LogP contribution >= 0.6 is 0 Å². The fourth-order valence-corrected chi connectivity index (χ4v) is 1.36. The Morgan fingerprint density at radius 2 is 1.87 bits per heavy atom. The normalized spacial score (nSPS) is 10.0. The maximum atomic E-state index is 9.79. The van der Waals surface area contributed by atoms with Gasteiger partial charge in [-0.05, 0) is 12.0 Å². The lowest BCUT2D eigenvalue weighted by molar-refractivity contribution is 0.482. The molecule has 0 aliphatic heterocycles. The SMILES string of the molecule is C=Cc1ccccc1.CCCS(=O)(=O)O. The Bertz CT molecular complexity index is 368. The minimum atomic E-state index is -3.67. The van der Waals surface area contributed by atoms with Crippen LogP contribution in [-0.2, 0) is 10.1 Å². The van der Waals surface area contributed by atoms with Crippen LogP contribution < -0.4 is 0 Å². The first-order valence-electron chi connectivity index (χ1n) is 4.62. The summed E-state index contributed by atoms with van der Waals surface area (Å²) in [5.41, 5.74) is 1.17. The summed E-state index contributed by atoms with van der Waals surface area (Å²) in [7, 11) is -3.67. The molecule has 0 radical (unpaired) electrons. The van der Waals surface area contributed by atoms with Crippen LogP contribution in [0.4, 0.5) is 0 Å². The van der Waals surface area contributed by atoms with Crippen LogP contribution in [0.15, 0.2) is 36.9 Å². The van der Waals surface area contributed by atoms with E-state index in [4.69, 9.17) is 4.55 Å². The van der Waals surface area contributed by atoms with Gasteiger partial charge in [-0.3, -0.25) is 4.55 Å². The van der Waals surface area contributed by atoms with E-state index in [0.717, 1.165) is 0 Å². The van der Waals surface area contributed by atoms with Crippen LogP contribution in [0.2, 0.25) is 0 Å². The standard InChI is InChI=1S/C8H8.C3H8O3S/c1-2-8-6-4-3-5-7-8;1-2-3-7(4,5)6/h2-7H,1H2;2-3H2,1H3,(H,4,5,6). The van der Waals surface area contributed by atoms with E-state index < -0.39 is 10.1 Å². The Morgan fingerprint density at radius 1 is 1.33 bits per heavy atom. The van der Waals surface area contributed by atoms with Gasteiger partial charge in [-0.2, -0.15) is 8.42 Å². The quantitative estimate of drug-likeness (QED) is 0.809. The van der Waals surface area contributed by atoms with Crippen molar-refractivity contribution in [2.24, 2.45) is 0 Å². The van der Waals surface area contributed by atoms with Crippen LogP contribution in [0.1, 0.15) is 18.9 Å². The summed E-state index contributed by atoms with van der Waals surface area (Å²) in [5, 5.41) is 0. The van der Waals surface area contributed by atoms with Crippen molar-refractivity contribution in [3.63, 3.8) is 0 Å². The van der Waals surface area contributed by atoms with Gasteiger partial charge in [0.15, 0.2) is 0 Å². The van der Waals surface area contributed by atoms with E-state index in [-0.39, 0.29) is 5.75 Å². The Morgan fingerprint density at radius 3 is 2.07 bits per heavy atom. The molecule has 1 N–H and O–H groups in total. The van der Waals surface area contributed by atoms with Crippen molar-refractivity contribution in [3.8, 4) is 0 Å². The fourth-order valence-electron chi connectivity index (χ4n) is 0.847. The molecule has 0 aliphatic rings. The Labute approximate surface area is 91.2 Å². The van der Waals surface area contributed by atoms with Crippen LogP contribution in [0.25, 0.3) is 6.08 Å². The van der Waals surface area contributed by atoms with E-state index in [2.05, 4.69) is 6.58 Å². The van der Waals surface area contributed by atoms with Crippen molar-refractivity contribution >= 4 is 16.2 Å². The molecule has 0 saturated heterocycles. The van der Waals surface area contributed by atoms with Crippen molar-refractivity contribution < 1.29 is 13.0 Å². The van der Waals surface area contributed by atoms with Gasteiger partial charge in [0.25, 0.3) is 10.1 Å². The number of hydrogen-bond acceptors (Lipinski definition) is 2. The van der Waals surface area contributed by atoms with E-state index in [1.54, 1.807) is 6.92 Å². The molecule has 0 fully saturated rings.